The Morgan fingerprint density at radius 1 is 1.53 bits per heavy atom. The summed E-state index contributed by atoms with van der Waals surface area (Å²) in [5.41, 5.74) is 0.414. The van der Waals surface area contributed by atoms with E-state index in [9.17, 15) is 9.50 Å². The molecular weight excluding hydrogens is 243 g/mol. The van der Waals surface area contributed by atoms with Gasteiger partial charge in [0.2, 0.25) is 0 Å². The van der Waals surface area contributed by atoms with Gasteiger partial charge in [0.1, 0.15) is 11.9 Å². The second-order valence-corrected chi connectivity index (χ2v) is 4.78. The third kappa shape index (κ3) is 2.97. The molecule has 0 aliphatic heterocycles. The number of benzene rings is 1. The van der Waals surface area contributed by atoms with E-state index in [2.05, 4.69) is 0 Å². The topological polar surface area (TPSA) is 29.5 Å². The van der Waals surface area contributed by atoms with Crippen LogP contribution in [0.2, 0.25) is 5.02 Å². The molecule has 1 aromatic carbocycles. The van der Waals surface area contributed by atoms with E-state index in [1.165, 1.54) is 18.2 Å². The van der Waals surface area contributed by atoms with Gasteiger partial charge in [-0.05, 0) is 43.9 Å². The summed E-state index contributed by atoms with van der Waals surface area (Å²) in [5.74, 6) is -0.0289. The Morgan fingerprint density at radius 3 is 2.82 bits per heavy atom. The highest BCUT2D eigenvalue weighted by Crippen LogP contribution is 2.41. The minimum atomic E-state index is -0.856. The molecule has 94 valence electrons. The van der Waals surface area contributed by atoms with Crippen LogP contribution in [0.5, 0.6) is 0 Å². The lowest BCUT2D eigenvalue weighted by Gasteiger charge is -2.23. The second kappa shape index (κ2) is 5.34. The van der Waals surface area contributed by atoms with Gasteiger partial charge in [-0.15, -0.1) is 0 Å². The maximum atomic E-state index is 13.2. The van der Waals surface area contributed by atoms with E-state index in [1.807, 2.05) is 6.92 Å². The molecule has 0 spiro atoms. The van der Waals surface area contributed by atoms with Crippen LogP contribution >= 0.6 is 11.6 Å². The highest BCUT2D eigenvalue weighted by Gasteiger charge is 2.37. The fraction of sp³-hybridized carbons (Fsp3) is 0.538. The van der Waals surface area contributed by atoms with Gasteiger partial charge in [0.05, 0.1) is 6.10 Å². The monoisotopic (exact) mass is 258 g/mol. The molecule has 2 unspecified atom stereocenters. The van der Waals surface area contributed by atoms with E-state index in [4.69, 9.17) is 16.3 Å². The summed E-state index contributed by atoms with van der Waals surface area (Å²) < 4.78 is 18.7. The van der Waals surface area contributed by atoms with Crippen molar-refractivity contribution in [2.75, 3.05) is 6.61 Å². The lowest BCUT2D eigenvalue weighted by Crippen LogP contribution is -2.25. The molecule has 1 aliphatic carbocycles. The van der Waals surface area contributed by atoms with Crippen molar-refractivity contribution < 1.29 is 14.2 Å². The fourth-order valence-corrected chi connectivity index (χ4v) is 2.25. The van der Waals surface area contributed by atoms with Gasteiger partial charge >= 0.3 is 0 Å². The molecule has 0 heterocycles. The molecule has 17 heavy (non-hydrogen) atoms. The quantitative estimate of drug-likeness (QED) is 0.878. The molecule has 1 saturated carbocycles. The molecule has 0 amide bonds. The number of hydrogen-bond acceptors (Lipinski definition) is 2. The summed E-state index contributed by atoms with van der Waals surface area (Å²) in [6.07, 6.45) is 0.966. The lowest BCUT2D eigenvalue weighted by atomic mass is 10.0. The minimum Gasteiger partial charge on any atom is -0.386 e. The summed E-state index contributed by atoms with van der Waals surface area (Å²) in [5, 5.41) is 10.6. The zero-order valence-corrected chi connectivity index (χ0v) is 10.5. The normalized spacial score (nSPS) is 19.1. The van der Waals surface area contributed by atoms with Gasteiger partial charge in [-0.25, -0.2) is 4.39 Å². The number of aliphatic hydroxyl groups is 1. The average molecular weight is 259 g/mol. The molecule has 0 radical (unpaired) electrons. The predicted octanol–water partition coefficient (Wildman–Crippen LogP) is 3.33. The molecule has 1 aromatic rings. The lowest BCUT2D eigenvalue weighted by molar-refractivity contribution is -0.0462. The van der Waals surface area contributed by atoms with Crippen molar-refractivity contribution in [1.29, 1.82) is 0 Å². The highest BCUT2D eigenvalue weighted by atomic mass is 35.5. The summed E-state index contributed by atoms with van der Waals surface area (Å²) in [4.78, 5) is 0. The van der Waals surface area contributed by atoms with Crippen LogP contribution in [0.3, 0.4) is 0 Å². The van der Waals surface area contributed by atoms with Gasteiger partial charge in [0.15, 0.2) is 0 Å². The van der Waals surface area contributed by atoms with Crippen molar-refractivity contribution in [3.8, 4) is 0 Å². The first kappa shape index (κ1) is 12.8. The van der Waals surface area contributed by atoms with Crippen LogP contribution in [0.1, 0.15) is 31.4 Å². The number of halogens is 2. The van der Waals surface area contributed by atoms with Crippen molar-refractivity contribution >= 4 is 11.6 Å². The van der Waals surface area contributed by atoms with E-state index in [0.29, 0.717) is 23.1 Å². The summed E-state index contributed by atoms with van der Waals surface area (Å²) in [6, 6.07) is 4.03. The largest absolute Gasteiger partial charge is 0.386 e. The van der Waals surface area contributed by atoms with Gasteiger partial charge in [0, 0.05) is 17.2 Å². The summed E-state index contributed by atoms with van der Waals surface area (Å²) in [6.45, 7) is 2.42. The van der Waals surface area contributed by atoms with Gasteiger partial charge in [0.25, 0.3) is 0 Å². The Balaban J connectivity index is 2.21. The van der Waals surface area contributed by atoms with Crippen LogP contribution in [-0.4, -0.2) is 17.8 Å². The van der Waals surface area contributed by atoms with Crippen LogP contribution < -0.4 is 0 Å². The van der Waals surface area contributed by atoms with E-state index < -0.39 is 11.9 Å². The predicted molar refractivity (Wildman–Crippen MR) is 64.5 cm³/mol. The number of rotatable bonds is 5. The van der Waals surface area contributed by atoms with Crippen molar-refractivity contribution in [2.24, 2.45) is 5.92 Å². The third-order valence-electron chi connectivity index (χ3n) is 3.03. The van der Waals surface area contributed by atoms with E-state index in [0.717, 1.165) is 12.8 Å². The van der Waals surface area contributed by atoms with E-state index in [-0.39, 0.29) is 6.10 Å². The minimum absolute atomic E-state index is 0.278. The fourth-order valence-electron chi connectivity index (χ4n) is 2.02. The maximum Gasteiger partial charge on any atom is 0.123 e. The maximum absolute atomic E-state index is 13.2. The Kier molecular flexibility index (Phi) is 4.02. The van der Waals surface area contributed by atoms with Gasteiger partial charge < -0.3 is 9.84 Å². The summed E-state index contributed by atoms with van der Waals surface area (Å²) >= 11 is 5.98. The van der Waals surface area contributed by atoms with Crippen molar-refractivity contribution in [3.05, 3.63) is 34.6 Å². The van der Waals surface area contributed by atoms with Crippen LogP contribution in [0.15, 0.2) is 18.2 Å². The van der Waals surface area contributed by atoms with E-state index in [1.54, 1.807) is 0 Å². The first-order chi connectivity index (χ1) is 8.13. The van der Waals surface area contributed by atoms with E-state index >= 15 is 0 Å². The molecule has 1 aliphatic rings. The molecule has 1 fully saturated rings. The first-order valence-corrected chi connectivity index (χ1v) is 6.26. The Hall–Kier alpha value is -0.640. The molecule has 2 rings (SSSR count). The van der Waals surface area contributed by atoms with Crippen molar-refractivity contribution in [2.45, 2.75) is 32.0 Å². The van der Waals surface area contributed by atoms with Crippen LogP contribution in [0, 0.1) is 11.7 Å². The number of hydrogen-bond donors (Lipinski definition) is 1. The molecule has 1 N–H and O–H groups in total. The molecule has 0 bridgehead atoms. The molecular formula is C13H16ClFO2. The molecule has 2 atom stereocenters. The molecule has 0 saturated heterocycles. The van der Waals surface area contributed by atoms with Crippen molar-refractivity contribution in [3.63, 3.8) is 0 Å². The van der Waals surface area contributed by atoms with Crippen molar-refractivity contribution in [1.82, 2.24) is 0 Å². The van der Waals surface area contributed by atoms with Gasteiger partial charge in [-0.3, -0.25) is 0 Å². The summed E-state index contributed by atoms with van der Waals surface area (Å²) in [7, 11) is 0. The standard InChI is InChI=1S/C13H16ClFO2/c1-2-17-13(8-3-4-8)12(16)10-7-9(15)5-6-11(10)14/h5-8,12-13,16H,2-4H2,1H3. The zero-order chi connectivity index (χ0) is 12.4. The Bertz CT molecular complexity index is 393. The van der Waals surface area contributed by atoms with Crippen LogP contribution in [0.4, 0.5) is 4.39 Å². The second-order valence-electron chi connectivity index (χ2n) is 4.37. The first-order valence-electron chi connectivity index (χ1n) is 5.88. The SMILES string of the molecule is CCOC(C1CC1)C(O)c1cc(F)ccc1Cl. The Labute approximate surface area is 105 Å². The Morgan fingerprint density at radius 2 is 2.24 bits per heavy atom. The van der Waals surface area contributed by atoms with Gasteiger partial charge in [-0.1, -0.05) is 11.6 Å². The number of aliphatic hydroxyl groups excluding tert-OH is 1. The third-order valence-corrected chi connectivity index (χ3v) is 3.38. The van der Waals surface area contributed by atoms with Gasteiger partial charge in [-0.2, -0.15) is 0 Å². The smallest absolute Gasteiger partial charge is 0.123 e. The average Bonchev–Trinajstić information content (AvgIpc) is 3.12. The zero-order valence-electron chi connectivity index (χ0n) is 9.70. The van der Waals surface area contributed by atoms with Crippen LogP contribution in [0.25, 0.3) is 0 Å². The molecule has 0 aromatic heterocycles. The molecule has 4 heteroatoms. The van der Waals surface area contributed by atoms with Crippen LogP contribution in [-0.2, 0) is 4.74 Å². The highest BCUT2D eigenvalue weighted by molar-refractivity contribution is 6.31. The molecule has 2 nitrogen and oxygen atoms in total. The number of ether oxygens (including phenoxy) is 1.